The quantitative estimate of drug-likeness (QED) is 0.637. The highest BCUT2D eigenvalue weighted by atomic mass is 35.5. The summed E-state index contributed by atoms with van der Waals surface area (Å²) >= 11 is 8.56. The van der Waals surface area contributed by atoms with E-state index in [9.17, 15) is 5.26 Å². The summed E-state index contributed by atoms with van der Waals surface area (Å²) in [6.45, 7) is 1.88. The Morgan fingerprint density at radius 1 is 1.29 bits per heavy atom. The molecule has 0 amide bonds. The molecule has 0 aliphatic heterocycles. The molecular formula is C15H11ClN6S2. The number of nitrogen functional groups attached to an aromatic ring is 1. The maximum atomic E-state index is 9.35. The van der Waals surface area contributed by atoms with Crippen LogP contribution in [-0.2, 0) is 0 Å². The highest BCUT2D eigenvalue weighted by Crippen LogP contribution is 2.34. The van der Waals surface area contributed by atoms with Gasteiger partial charge in [0.25, 0.3) is 0 Å². The number of nitriles is 1. The van der Waals surface area contributed by atoms with E-state index in [0.29, 0.717) is 20.8 Å². The molecule has 6 nitrogen and oxygen atoms in total. The monoisotopic (exact) mass is 374 g/mol. The van der Waals surface area contributed by atoms with E-state index in [1.807, 2.05) is 12.3 Å². The summed E-state index contributed by atoms with van der Waals surface area (Å²) in [5, 5.41) is 21.1. The first-order valence-electron chi connectivity index (χ1n) is 6.81. The largest absolute Gasteiger partial charge is 0.375 e. The van der Waals surface area contributed by atoms with Gasteiger partial charge in [0.05, 0.1) is 28.0 Å². The predicted molar refractivity (Wildman–Crippen MR) is 96.7 cm³/mol. The molecule has 0 radical (unpaired) electrons. The van der Waals surface area contributed by atoms with Crippen LogP contribution in [0.3, 0.4) is 0 Å². The average molecular weight is 375 g/mol. The Bertz CT molecular complexity index is 922. The maximum Gasteiger partial charge on any atom is 0.208 e. The molecule has 3 rings (SSSR count). The summed E-state index contributed by atoms with van der Waals surface area (Å²) in [7, 11) is 0. The number of thiazole rings is 2. The molecule has 2 aromatic heterocycles. The van der Waals surface area contributed by atoms with Gasteiger partial charge >= 0.3 is 0 Å². The number of hydrogen-bond donors (Lipinski definition) is 1. The lowest BCUT2D eigenvalue weighted by Crippen LogP contribution is -1.90. The Morgan fingerprint density at radius 2 is 2.04 bits per heavy atom. The Labute approximate surface area is 151 Å². The number of halogens is 1. The smallest absolute Gasteiger partial charge is 0.208 e. The van der Waals surface area contributed by atoms with Gasteiger partial charge in [0.15, 0.2) is 5.13 Å². The van der Waals surface area contributed by atoms with Gasteiger partial charge in [-0.1, -0.05) is 22.9 Å². The molecule has 0 saturated heterocycles. The number of rotatable bonds is 4. The van der Waals surface area contributed by atoms with Gasteiger partial charge in [-0.05, 0) is 31.2 Å². The summed E-state index contributed by atoms with van der Waals surface area (Å²) in [5.41, 5.74) is 7.93. The van der Waals surface area contributed by atoms with Crippen LogP contribution in [0, 0.1) is 18.3 Å². The Kier molecular flexibility index (Phi) is 4.85. The van der Waals surface area contributed by atoms with Crippen LogP contribution in [0.15, 0.2) is 39.9 Å². The van der Waals surface area contributed by atoms with E-state index in [2.05, 4.69) is 26.3 Å². The molecule has 2 heterocycles. The van der Waals surface area contributed by atoms with Crippen LogP contribution in [0.4, 0.5) is 10.8 Å². The first kappa shape index (κ1) is 16.5. The minimum Gasteiger partial charge on any atom is -0.375 e. The lowest BCUT2D eigenvalue weighted by molar-refractivity contribution is 0.842. The molecule has 9 heteroatoms. The number of nitrogens with zero attached hydrogens (tertiary/aromatic N) is 5. The topological polar surface area (TPSA) is 100 Å². The Hall–Kier alpha value is -2.34. The molecule has 0 spiro atoms. The number of aryl methyl sites for hydroxylation is 1. The van der Waals surface area contributed by atoms with Crippen molar-refractivity contribution in [1.82, 2.24) is 9.97 Å². The Balaban J connectivity index is 1.83. The van der Waals surface area contributed by atoms with E-state index >= 15 is 0 Å². The third-order valence-corrected chi connectivity index (χ3v) is 5.20. The number of nitrogens with two attached hydrogens (primary N) is 1. The minimum absolute atomic E-state index is 0.497. The van der Waals surface area contributed by atoms with E-state index in [1.54, 1.807) is 24.3 Å². The van der Waals surface area contributed by atoms with Crippen LogP contribution in [0.25, 0.3) is 10.6 Å². The molecule has 0 saturated carbocycles. The molecule has 24 heavy (non-hydrogen) atoms. The zero-order chi connectivity index (χ0) is 17.1. The SMILES string of the molecule is Cc1nc(N)sc1-c1csc(C(C#N)N=Nc2ccc(Cl)cc2)n1. The van der Waals surface area contributed by atoms with Crippen LogP contribution in [0.5, 0.6) is 0 Å². The van der Waals surface area contributed by atoms with Gasteiger partial charge in [-0.25, -0.2) is 9.97 Å². The van der Waals surface area contributed by atoms with Gasteiger partial charge in [-0.3, -0.25) is 0 Å². The van der Waals surface area contributed by atoms with Crippen LogP contribution in [0.1, 0.15) is 16.7 Å². The number of aromatic nitrogens is 2. The van der Waals surface area contributed by atoms with Crippen molar-refractivity contribution >= 4 is 45.1 Å². The van der Waals surface area contributed by atoms with Crippen molar-refractivity contribution in [2.24, 2.45) is 10.2 Å². The summed E-state index contributed by atoms with van der Waals surface area (Å²) in [5.74, 6) is 0. The molecule has 0 bridgehead atoms. The minimum atomic E-state index is -0.759. The molecule has 120 valence electrons. The number of benzene rings is 1. The summed E-state index contributed by atoms with van der Waals surface area (Å²) in [4.78, 5) is 9.58. The average Bonchev–Trinajstić information content (AvgIpc) is 3.16. The normalized spacial score (nSPS) is 12.4. The van der Waals surface area contributed by atoms with Gasteiger partial charge in [-0.2, -0.15) is 15.5 Å². The maximum absolute atomic E-state index is 9.35. The number of azo groups is 1. The van der Waals surface area contributed by atoms with Crippen LogP contribution in [0.2, 0.25) is 5.02 Å². The van der Waals surface area contributed by atoms with Gasteiger partial charge in [0.2, 0.25) is 6.04 Å². The summed E-state index contributed by atoms with van der Waals surface area (Å²) in [6.07, 6.45) is 0. The zero-order valence-corrected chi connectivity index (χ0v) is 14.9. The molecule has 0 aliphatic carbocycles. The van der Waals surface area contributed by atoms with Gasteiger partial charge in [0.1, 0.15) is 5.01 Å². The molecule has 3 aromatic rings. The van der Waals surface area contributed by atoms with Crippen molar-refractivity contribution < 1.29 is 0 Å². The third kappa shape index (κ3) is 3.59. The lowest BCUT2D eigenvalue weighted by Gasteiger charge is -1.98. The molecule has 1 unspecified atom stereocenters. The molecule has 0 aliphatic rings. The molecule has 2 N–H and O–H groups in total. The van der Waals surface area contributed by atoms with E-state index in [-0.39, 0.29) is 0 Å². The fourth-order valence-corrected chi connectivity index (χ4v) is 3.71. The fourth-order valence-electron chi connectivity index (χ4n) is 1.94. The fraction of sp³-hybridized carbons (Fsp3) is 0.133. The van der Waals surface area contributed by atoms with Crippen molar-refractivity contribution in [2.75, 3.05) is 5.73 Å². The highest BCUT2D eigenvalue weighted by molar-refractivity contribution is 7.19. The van der Waals surface area contributed by atoms with Crippen molar-refractivity contribution in [3.05, 3.63) is 45.4 Å². The molecule has 0 fully saturated rings. The van der Waals surface area contributed by atoms with Gasteiger partial charge in [0, 0.05) is 10.4 Å². The second-order valence-corrected chi connectivity index (χ2v) is 7.12. The molecule has 1 aromatic carbocycles. The van der Waals surface area contributed by atoms with Crippen molar-refractivity contribution in [3.63, 3.8) is 0 Å². The second kappa shape index (κ2) is 7.05. The first-order chi connectivity index (χ1) is 11.6. The van der Waals surface area contributed by atoms with Crippen molar-refractivity contribution in [1.29, 1.82) is 5.26 Å². The highest BCUT2D eigenvalue weighted by Gasteiger charge is 2.17. The summed E-state index contributed by atoms with van der Waals surface area (Å²) in [6, 6.07) is 8.25. The van der Waals surface area contributed by atoms with E-state index < -0.39 is 6.04 Å². The van der Waals surface area contributed by atoms with Crippen molar-refractivity contribution in [2.45, 2.75) is 13.0 Å². The van der Waals surface area contributed by atoms with Gasteiger partial charge in [-0.15, -0.1) is 11.3 Å². The number of anilines is 1. The second-order valence-electron chi connectivity index (χ2n) is 4.76. The standard InChI is InChI=1S/C15H11ClN6S2/c1-8-13(24-15(18)19-8)12-7-23-14(20-12)11(6-17)22-21-10-4-2-9(16)3-5-10/h2-5,7,11H,1H3,(H2,18,19). The van der Waals surface area contributed by atoms with Crippen molar-refractivity contribution in [3.8, 4) is 16.6 Å². The number of hydrogen-bond acceptors (Lipinski definition) is 8. The third-order valence-electron chi connectivity index (χ3n) is 3.04. The van der Waals surface area contributed by atoms with Gasteiger partial charge < -0.3 is 5.73 Å². The van der Waals surface area contributed by atoms with Crippen LogP contribution < -0.4 is 5.73 Å². The molecular weight excluding hydrogens is 364 g/mol. The first-order valence-corrected chi connectivity index (χ1v) is 8.89. The van der Waals surface area contributed by atoms with Crippen LogP contribution in [-0.4, -0.2) is 9.97 Å². The van der Waals surface area contributed by atoms with Crippen LogP contribution >= 0.6 is 34.3 Å². The zero-order valence-electron chi connectivity index (χ0n) is 12.5. The Morgan fingerprint density at radius 3 is 2.67 bits per heavy atom. The van der Waals surface area contributed by atoms with E-state index in [0.717, 1.165) is 16.3 Å². The van der Waals surface area contributed by atoms with E-state index in [1.165, 1.54) is 22.7 Å². The predicted octanol–water partition coefficient (Wildman–Crippen LogP) is 5.16. The summed E-state index contributed by atoms with van der Waals surface area (Å²) < 4.78 is 0. The molecule has 1 atom stereocenters. The lowest BCUT2D eigenvalue weighted by atomic mass is 10.3. The van der Waals surface area contributed by atoms with E-state index in [4.69, 9.17) is 17.3 Å².